The number of hydrogen-bond donors (Lipinski definition) is 1. The fourth-order valence-electron chi connectivity index (χ4n) is 4.59. The molecule has 1 saturated heterocycles. The van der Waals surface area contributed by atoms with Gasteiger partial charge in [0.25, 0.3) is 0 Å². The Labute approximate surface area is 217 Å². The molecule has 0 saturated carbocycles. The molecule has 4 aromatic rings. The number of aryl methyl sites for hydroxylation is 1. The highest BCUT2D eigenvalue weighted by Gasteiger charge is 2.25. The maximum Gasteiger partial charge on any atom is 0.207 e. The molecule has 0 spiro atoms. The molecule has 1 N–H and O–H groups in total. The van der Waals surface area contributed by atoms with Crippen LogP contribution in [0.25, 0.3) is 10.1 Å². The monoisotopic (exact) mass is 523 g/mol. The van der Waals surface area contributed by atoms with Gasteiger partial charge in [-0.2, -0.15) is 0 Å². The van der Waals surface area contributed by atoms with Gasteiger partial charge in [-0.25, -0.2) is 4.39 Å². The number of phenolic OH excluding ortho intramolecular Hbond substituents is 1. The highest BCUT2D eigenvalue weighted by Crippen LogP contribution is 2.43. The average molecular weight is 524 g/mol. The number of ketones is 1. The number of halogens is 2. The minimum absolute atomic E-state index is 0.0584. The Morgan fingerprint density at radius 3 is 2.65 bits per heavy atom. The first kappa shape index (κ1) is 25.2. The quantitative estimate of drug-likeness (QED) is 0.242. The van der Waals surface area contributed by atoms with Crippen molar-refractivity contribution in [1.82, 2.24) is 4.90 Å². The third-order valence-corrected chi connectivity index (χ3v) is 7.58. The summed E-state index contributed by atoms with van der Waals surface area (Å²) in [5.41, 5.74) is 0.927. The summed E-state index contributed by atoms with van der Waals surface area (Å²) in [4.78, 5) is 16.1. The van der Waals surface area contributed by atoms with Crippen molar-refractivity contribution in [3.05, 3.63) is 82.5 Å². The Hall–Kier alpha value is -3.49. The first-order chi connectivity index (χ1) is 17.9. The lowest BCUT2D eigenvalue weighted by molar-refractivity contribution is 0.104. The van der Waals surface area contributed by atoms with Gasteiger partial charge in [-0.15, -0.1) is 11.3 Å². The summed E-state index contributed by atoms with van der Waals surface area (Å²) in [5, 5.41) is 10.7. The molecular weight excluding hydrogens is 496 g/mol. The third kappa shape index (κ3) is 5.60. The molecule has 192 valence electrons. The van der Waals surface area contributed by atoms with Crippen molar-refractivity contribution in [2.24, 2.45) is 0 Å². The van der Waals surface area contributed by atoms with Gasteiger partial charge in [0.2, 0.25) is 5.78 Å². The van der Waals surface area contributed by atoms with Crippen molar-refractivity contribution < 1.29 is 28.2 Å². The summed E-state index contributed by atoms with van der Waals surface area (Å²) < 4.78 is 39.1. The summed E-state index contributed by atoms with van der Waals surface area (Å²) >= 11 is 1.22. The van der Waals surface area contributed by atoms with Crippen LogP contribution in [0.1, 0.15) is 33.6 Å². The van der Waals surface area contributed by atoms with Gasteiger partial charge in [-0.1, -0.05) is 0 Å². The number of rotatable bonds is 9. The third-order valence-electron chi connectivity index (χ3n) is 6.45. The van der Waals surface area contributed by atoms with E-state index in [1.165, 1.54) is 29.5 Å². The number of fused-ring (bicyclic) bond motifs is 1. The number of ether oxygens (including phenoxy) is 2. The molecule has 1 aliphatic rings. The summed E-state index contributed by atoms with van der Waals surface area (Å²) in [7, 11) is 0. The van der Waals surface area contributed by atoms with E-state index in [1.54, 1.807) is 37.3 Å². The summed E-state index contributed by atoms with van der Waals surface area (Å²) in [6.07, 6.45) is 1.50. The van der Waals surface area contributed by atoms with Crippen molar-refractivity contribution >= 4 is 27.2 Å². The maximum atomic E-state index is 13.6. The molecule has 1 fully saturated rings. The van der Waals surface area contributed by atoms with Crippen LogP contribution in [0.15, 0.2) is 60.7 Å². The fourth-order valence-corrected chi connectivity index (χ4v) is 5.71. The normalized spacial score (nSPS) is 15.8. The highest BCUT2D eigenvalue weighted by atomic mass is 32.1. The average Bonchev–Trinajstić information content (AvgIpc) is 3.47. The van der Waals surface area contributed by atoms with Crippen molar-refractivity contribution in [3.63, 3.8) is 0 Å². The van der Waals surface area contributed by atoms with Crippen molar-refractivity contribution in [2.45, 2.75) is 25.9 Å². The van der Waals surface area contributed by atoms with E-state index in [1.807, 2.05) is 12.1 Å². The summed E-state index contributed by atoms with van der Waals surface area (Å²) in [6.45, 7) is 3.81. The van der Waals surface area contributed by atoms with Crippen LogP contribution in [0.5, 0.6) is 23.0 Å². The Bertz CT molecular complexity index is 1420. The summed E-state index contributed by atoms with van der Waals surface area (Å²) in [5.74, 6) is 1.05. The van der Waals surface area contributed by atoms with Crippen LogP contribution in [-0.2, 0) is 0 Å². The number of phenols is 1. The van der Waals surface area contributed by atoms with E-state index < -0.39 is 5.82 Å². The first-order valence-electron chi connectivity index (χ1n) is 12.2. The molecule has 2 heterocycles. The van der Waals surface area contributed by atoms with Crippen LogP contribution < -0.4 is 9.47 Å². The van der Waals surface area contributed by atoms with Crippen molar-refractivity contribution in [2.75, 3.05) is 26.3 Å². The zero-order chi connectivity index (χ0) is 25.9. The molecule has 1 aliphatic heterocycles. The van der Waals surface area contributed by atoms with E-state index in [4.69, 9.17) is 9.47 Å². The number of aromatic hydroxyl groups is 1. The minimum Gasteiger partial charge on any atom is -0.508 e. The minimum atomic E-state index is -0.404. The van der Waals surface area contributed by atoms with Crippen LogP contribution in [0.3, 0.4) is 0 Å². The van der Waals surface area contributed by atoms with E-state index in [2.05, 4.69) is 4.90 Å². The van der Waals surface area contributed by atoms with Gasteiger partial charge in [-0.3, -0.25) is 14.1 Å². The van der Waals surface area contributed by atoms with Gasteiger partial charge in [-0.05, 0) is 86.0 Å². The fraction of sp³-hybridized carbons (Fsp3) is 0.276. The second-order valence-corrected chi connectivity index (χ2v) is 10.2. The lowest BCUT2D eigenvalue weighted by Crippen LogP contribution is -2.26. The molecule has 0 amide bonds. The van der Waals surface area contributed by atoms with Crippen molar-refractivity contribution in [3.8, 4) is 23.0 Å². The van der Waals surface area contributed by atoms with Gasteiger partial charge in [0.1, 0.15) is 34.0 Å². The maximum absolute atomic E-state index is 13.6. The number of thiophene rings is 1. The Balaban J connectivity index is 1.38. The van der Waals surface area contributed by atoms with Gasteiger partial charge < -0.3 is 14.6 Å². The Morgan fingerprint density at radius 2 is 1.89 bits per heavy atom. The van der Waals surface area contributed by atoms with E-state index in [0.29, 0.717) is 49.8 Å². The second kappa shape index (κ2) is 10.9. The highest BCUT2D eigenvalue weighted by molar-refractivity contribution is 7.21. The number of alkyl halides is 1. The van der Waals surface area contributed by atoms with E-state index in [0.717, 1.165) is 26.1 Å². The molecule has 3 aromatic carbocycles. The van der Waals surface area contributed by atoms with Gasteiger partial charge in [0.05, 0.1) is 6.67 Å². The molecule has 8 heteroatoms. The molecule has 0 aliphatic carbocycles. The lowest BCUT2D eigenvalue weighted by atomic mass is 10.0. The molecule has 37 heavy (non-hydrogen) atoms. The predicted octanol–water partition coefficient (Wildman–Crippen LogP) is 6.89. The van der Waals surface area contributed by atoms with E-state index >= 15 is 0 Å². The van der Waals surface area contributed by atoms with Crippen LogP contribution in [0.4, 0.5) is 8.78 Å². The topological polar surface area (TPSA) is 59.0 Å². The Kier molecular flexibility index (Phi) is 7.39. The van der Waals surface area contributed by atoms with Crippen LogP contribution in [-0.4, -0.2) is 48.2 Å². The first-order valence-corrected chi connectivity index (χ1v) is 13.0. The summed E-state index contributed by atoms with van der Waals surface area (Å²) in [6, 6.07) is 16.2. The number of hydrogen-bond acceptors (Lipinski definition) is 6. The van der Waals surface area contributed by atoms with Crippen LogP contribution >= 0.6 is 11.3 Å². The van der Waals surface area contributed by atoms with Gasteiger partial charge in [0.15, 0.2) is 5.75 Å². The molecular formula is C29H27F2NO4S. The zero-order valence-corrected chi connectivity index (χ0v) is 21.2. The largest absolute Gasteiger partial charge is 0.508 e. The molecule has 1 atom stereocenters. The van der Waals surface area contributed by atoms with E-state index in [-0.39, 0.29) is 24.3 Å². The number of likely N-dealkylation sites (tertiary alicyclic amines) is 1. The molecule has 0 radical (unpaired) electrons. The number of carbonyl (C=O) groups excluding carboxylic acids is 1. The van der Waals surface area contributed by atoms with Gasteiger partial charge in [0, 0.05) is 35.3 Å². The van der Waals surface area contributed by atoms with Crippen LogP contribution in [0.2, 0.25) is 0 Å². The van der Waals surface area contributed by atoms with E-state index in [9.17, 15) is 18.7 Å². The number of benzene rings is 3. The SMILES string of the molecule is Cc1cc(F)ccc1C(=O)c1sc2cc(O)ccc2c1Oc1ccc(O[C@H]2CCN(CCCF)C2)cc1. The molecule has 0 unspecified atom stereocenters. The van der Waals surface area contributed by atoms with Gasteiger partial charge >= 0.3 is 0 Å². The Morgan fingerprint density at radius 1 is 1.11 bits per heavy atom. The number of nitrogens with zero attached hydrogens (tertiary/aromatic N) is 1. The molecule has 5 rings (SSSR count). The molecule has 0 bridgehead atoms. The zero-order valence-electron chi connectivity index (χ0n) is 20.4. The smallest absolute Gasteiger partial charge is 0.207 e. The lowest BCUT2D eigenvalue weighted by Gasteiger charge is -2.16. The second-order valence-electron chi connectivity index (χ2n) is 9.17. The molecule has 1 aromatic heterocycles. The number of carbonyl (C=O) groups is 1. The van der Waals surface area contributed by atoms with Crippen LogP contribution in [0, 0.1) is 12.7 Å². The molecule has 5 nitrogen and oxygen atoms in total. The standard InChI is InChI=1S/C29H27F2NO4S/c1-18-15-19(31)3-9-24(18)27(34)29-28(25-10-4-20(33)16-26(25)37-29)36-22-7-5-21(6-8-22)35-23-11-14-32(17-23)13-2-12-30/h3-10,15-16,23,33H,2,11-14,17H2,1H3/t23-/m0/s1. The van der Waals surface area contributed by atoms with Crippen molar-refractivity contribution in [1.29, 1.82) is 0 Å². The predicted molar refractivity (Wildman–Crippen MR) is 141 cm³/mol.